The van der Waals surface area contributed by atoms with E-state index in [2.05, 4.69) is 10.6 Å². The molecule has 1 aromatic carbocycles. The van der Waals surface area contributed by atoms with Crippen molar-refractivity contribution in [1.29, 1.82) is 0 Å². The Kier molecular flexibility index (Phi) is 9.78. The van der Waals surface area contributed by atoms with Gasteiger partial charge in [0, 0.05) is 39.3 Å². The van der Waals surface area contributed by atoms with Crippen molar-refractivity contribution in [2.45, 2.75) is 53.0 Å². The molecule has 1 amide bonds. The van der Waals surface area contributed by atoms with E-state index in [1.807, 2.05) is 44.7 Å². The lowest BCUT2D eigenvalue weighted by molar-refractivity contribution is 0.0281. The summed E-state index contributed by atoms with van der Waals surface area (Å²) in [5.74, 6) is 2.26. The van der Waals surface area contributed by atoms with Crippen LogP contribution in [0.2, 0.25) is 0 Å². The van der Waals surface area contributed by atoms with Crippen molar-refractivity contribution in [3.05, 3.63) is 29.8 Å². The molecule has 4 aliphatic rings. The molecule has 4 saturated heterocycles. The number of aryl methyl sites for hydroxylation is 1. The first-order valence-electron chi connectivity index (χ1n) is 12.0. The van der Waals surface area contributed by atoms with Crippen LogP contribution >= 0.6 is 0 Å². The van der Waals surface area contributed by atoms with Crippen LogP contribution in [0.15, 0.2) is 29.2 Å². The molecule has 4 atom stereocenters. The van der Waals surface area contributed by atoms with Crippen molar-refractivity contribution in [1.82, 2.24) is 19.8 Å². The molecule has 0 radical (unpaired) electrons. The number of carbonyl (C=O) groups is 1. The highest BCUT2D eigenvalue weighted by atomic mass is 32.2. The molecular weight excluding hydrogens is 464 g/mol. The summed E-state index contributed by atoms with van der Waals surface area (Å²) in [6.07, 6.45) is -0.156. The fourth-order valence-electron chi connectivity index (χ4n) is 5.20. The molecule has 5 rings (SSSR count). The summed E-state index contributed by atoms with van der Waals surface area (Å²) in [6.45, 7) is 14.7. The van der Waals surface area contributed by atoms with Crippen LogP contribution in [0.4, 0.5) is 4.79 Å². The molecule has 1 aromatic rings. The predicted octanol–water partition coefficient (Wildman–Crippen LogP) is 3.18. The largest absolute Gasteiger partial charge is 0.444 e. The van der Waals surface area contributed by atoms with Crippen LogP contribution in [0, 0.1) is 30.6 Å². The molecule has 4 fully saturated rings. The number of sulfonamides is 1. The third kappa shape index (κ3) is 6.96. The van der Waals surface area contributed by atoms with Crippen LogP contribution < -0.4 is 10.6 Å². The van der Waals surface area contributed by atoms with E-state index in [4.69, 9.17) is 4.74 Å². The molecule has 200 valence electrons. The van der Waals surface area contributed by atoms with Gasteiger partial charge < -0.3 is 20.3 Å². The van der Waals surface area contributed by atoms with Crippen molar-refractivity contribution < 1.29 is 17.9 Å². The highest BCUT2D eigenvalue weighted by molar-refractivity contribution is 7.89. The van der Waals surface area contributed by atoms with Crippen LogP contribution in [-0.4, -0.2) is 81.7 Å². The molecule has 9 heteroatoms. The van der Waals surface area contributed by atoms with Crippen LogP contribution in [0.5, 0.6) is 0 Å². The Morgan fingerprint density at radius 1 is 0.857 bits per heavy atom. The summed E-state index contributed by atoms with van der Waals surface area (Å²) >= 11 is 0. The third-order valence-corrected chi connectivity index (χ3v) is 8.90. The second-order valence-electron chi connectivity index (χ2n) is 10.9. The number of rotatable bonds is 2. The van der Waals surface area contributed by atoms with Gasteiger partial charge in [-0.05, 0) is 76.6 Å². The summed E-state index contributed by atoms with van der Waals surface area (Å²) in [6, 6.07) is 7.12. The Morgan fingerprint density at radius 3 is 1.71 bits per heavy atom. The zero-order valence-corrected chi connectivity index (χ0v) is 21.0. The van der Waals surface area contributed by atoms with Gasteiger partial charge in [0.2, 0.25) is 10.0 Å². The van der Waals surface area contributed by atoms with Crippen molar-refractivity contribution in [3.63, 3.8) is 0 Å². The molecular formula is C26H46N4O4S. The fourth-order valence-corrected chi connectivity index (χ4v) is 6.75. The number of nitrogens with one attached hydrogen (secondary N) is 2. The quantitative estimate of drug-likeness (QED) is 0.635. The molecule has 4 heterocycles. The molecule has 0 aromatic heterocycles. The Hall–Kier alpha value is -1.68. The molecule has 0 unspecified atom stereocenters. The summed E-state index contributed by atoms with van der Waals surface area (Å²) in [7, 11) is -3.29. The van der Waals surface area contributed by atoms with Gasteiger partial charge in [0.15, 0.2) is 0 Å². The van der Waals surface area contributed by atoms with Gasteiger partial charge in [0.1, 0.15) is 5.60 Å². The highest BCUT2D eigenvalue weighted by Crippen LogP contribution is 2.31. The Morgan fingerprint density at radius 2 is 1.29 bits per heavy atom. The minimum absolute atomic E-state index is 0. The van der Waals surface area contributed by atoms with Crippen molar-refractivity contribution >= 4 is 16.1 Å². The first-order chi connectivity index (χ1) is 15.5. The van der Waals surface area contributed by atoms with Gasteiger partial charge in [-0.15, -0.1) is 0 Å². The van der Waals surface area contributed by atoms with Gasteiger partial charge in [0.25, 0.3) is 0 Å². The van der Waals surface area contributed by atoms with Gasteiger partial charge in [-0.25, -0.2) is 13.2 Å². The van der Waals surface area contributed by atoms with E-state index in [0.717, 1.165) is 44.8 Å². The molecule has 2 N–H and O–H groups in total. The average molecular weight is 511 g/mol. The van der Waals surface area contributed by atoms with E-state index in [1.54, 1.807) is 16.4 Å². The summed E-state index contributed by atoms with van der Waals surface area (Å²) < 4.78 is 32.0. The van der Waals surface area contributed by atoms with Gasteiger partial charge >= 0.3 is 6.09 Å². The molecule has 35 heavy (non-hydrogen) atoms. The van der Waals surface area contributed by atoms with Gasteiger partial charge in [-0.3, -0.25) is 0 Å². The second-order valence-corrected chi connectivity index (χ2v) is 12.8. The Balaban J connectivity index is 0.000000237. The summed E-state index contributed by atoms with van der Waals surface area (Å²) in [5, 5.41) is 6.68. The molecule has 0 saturated carbocycles. The maximum atomic E-state index is 12.5. The standard InChI is InChI=1S/C13H18N2O2S.C11H20N2O2.2CH4/c1-10-2-4-13(5-3-10)18(16,17)15-8-11-6-14-7-12(11)9-15;1-11(2,3)15-10(14)13-6-8-4-12-5-9(8)7-13;;/h2-5,11-12,14H,6-9H2,1H3;8-9,12H,4-7H2,1-3H3;2*1H4/t11-,12+;8-,9+;;. The minimum Gasteiger partial charge on any atom is -0.444 e. The van der Waals surface area contributed by atoms with Gasteiger partial charge in [-0.2, -0.15) is 4.31 Å². The molecule has 0 aliphatic carbocycles. The summed E-state index contributed by atoms with van der Waals surface area (Å²) in [4.78, 5) is 14.0. The number of benzene rings is 1. The second kappa shape index (κ2) is 11.6. The van der Waals surface area contributed by atoms with E-state index >= 15 is 0 Å². The number of fused-ring (bicyclic) bond motifs is 2. The smallest absolute Gasteiger partial charge is 0.410 e. The zero-order valence-electron chi connectivity index (χ0n) is 20.2. The van der Waals surface area contributed by atoms with Crippen molar-refractivity contribution in [2.24, 2.45) is 23.7 Å². The van der Waals surface area contributed by atoms with E-state index in [-0.39, 0.29) is 26.5 Å². The lowest BCUT2D eigenvalue weighted by Crippen LogP contribution is -2.36. The number of likely N-dealkylation sites (tertiary alicyclic amines) is 1. The van der Waals surface area contributed by atoms with E-state index in [9.17, 15) is 13.2 Å². The maximum Gasteiger partial charge on any atom is 0.410 e. The van der Waals surface area contributed by atoms with Crippen LogP contribution in [0.3, 0.4) is 0 Å². The topological polar surface area (TPSA) is 91.0 Å². The number of carbonyl (C=O) groups excluding carboxylic acids is 1. The first-order valence-corrected chi connectivity index (χ1v) is 13.4. The third-order valence-electron chi connectivity index (χ3n) is 7.06. The lowest BCUT2D eigenvalue weighted by atomic mass is 10.0. The van der Waals surface area contributed by atoms with Gasteiger partial charge in [0.05, 0.1) is 4.90 Å². The van der Waals surface area contributed by atoms with Crippen LogP contribution in [0.25, 0.3) is 0 Å². The van der Waals surface area contributed by atoms with Gasteiger partial charge in [-0.1, -0.05) is 32.5 Å². The van der Waals surface area contributed by atoms with Crippen molar-refractivity contribution in [2.75, 3.05) is 52.4 Å². The van der Waals surface area contributed by atoms with E-state index in [0.29, 0.717) is 41.7 Å². The highest BCUT2D eigenvalue weighted by Gasteiger charge is 2.41. The molecule has 0 spiro atoms. The normalized spacial score (nSPS) is 27.7. The SMILES string of the molecule is C.C.CC(C)(C)OC(=O)N1C[C@H]2CNC[C@H]2C1.Cc1ccc(S(=O)(=O)N2C[C@H]3CNC[C@H]3C2)cc1. The zero-order chi connectivity index (χ0) is 23.8. The fraction of sp³-hybridized carbons (Fsp3) is 0.731. The molecule has 8 nitrogen and oxygen atoms in total. The Bertz CT molecular complexity index is 921. The molecule has 4 aliphatic heterocycles. The van der Waals surface area contributed by atoms with E-state index < -0.39 is 10.0 Å². The average Bonchev–Trinajstić information content (AvgIpc) is 3.47. The van der Waals surface area contributed by atoms with Crippen LogP contribution in [-0.2, 0) is 14.8 Å². The number of ether oxygens (including phenoxy) is 1. The minimum atomic E-state index is -3.29. The van der Waals surface area contributed by atoms with E-state index in [1.165, 1.54) is 0 Å². The first kappa shape index (κ1) is 29.5. The monoisotopic (exact) mass is 510 g/mol. The number of hydrogen-bond donors (Lipinski definition) is 2. The number of nitrogens with zero attached hydrogens (tertiary/aromatic N) is 2. The predicted molar refractivity (Wildman–Crippen MR) is 141 cm³/mol. The number of hydrogen-bond acceptors (Lipinski definition) is 6. The van der Waals surface area contributed by atoms with Crippen LogP contribution in [0.1, 0.15) is 41.2 Å². The number of amides is 1. The maximum absolute atomic E-state index is 12.5. The summed E-state index contributed by atoms with van der Waals surface area (Å²) in [5.41, 5.74) is 0.698. The Labute approximate surface area is 212 Å². The molecule has 0 bridgehead atoms. The lowest BCUT2D eigenvalue weighted by Gasteiger charge is -2.24. The van der Waals surface area contributed by atoms with Crippen molar-refractivity contribution in [3.8, 4) is 0 Å².